The van der Waals surface area contributed by atoms with Gasteiger partial charge in [0, 0.05) is 19.6 Å². The van der Waals surface area contributed by atoms with Crippen molar-refractivity contribution in [3.63, 3.8) is 0 Å². The molecule has 2 rings (SSSR count). The zero-order chi connectivity index (χ0) is 15.5. The molecule has 0 aliphatic heterocycles. The van der Waals surface area contributed by atoms with Gasteiger partial charge in [0.05, 0.1) is 0 Å². The van der Waals surface area contributed by atoms with Gasteiger partial charge in [0.1, 0.15) is 0 Å². The number of hydrogen-bond donors (Lipinski definition) is 1. The minimum Gasteiger partial charge on any atom is -0.329 e. The SMILES string of the molecule is NCCN(CC=Cc1ccccc1)CCCc1ccccc1. The van der Waals surface area contributed by atoms with E-state index in [4.69, 9.17) is 5.73 Å². The largest absolute Gasteiger partial charge is 0.329 e. The maximum atomic E-state index is 5.73. The van der Waals surface area contributed by atoms with Gasteiger partial charge in [-0.25, -0.2) is 0 Å². The molecule has 2 nitrogen and oxygen atoms in total. The van der Waals surface area contributed by atoms with Crippen LogP contribution in [-0.2, 0) is 6.42 Å². The molecule has 0 radical (unpaired) electrons. The predicted molar refractivity (Wildman–Crippen MR) is 95.7 cm³/mol. The summed E-state index contributed by atoms with van der Waals surface area (Å²) in [7, 11) is 0. The van der Waals surface area contributed by atoms with E-state index in [0.717, 1.165) is 26.1 Å². The Labute approximate surface area is 134 Å². The first-order valence-electron chi connectivity index (χ1n) is 8.06. The molecule has 0 atom stereocenters. The molecule has 0 saturated carbocycles. The highest BCUT2D eigenvalue weighted by Gasteiger charge is 2.02. The van der Waals surface area contributed by atoms with Crippen molar-refractivity contribution in [2.75, 3.05) is 26.2 Å². The summed E-state index contributed by atoms with van der Waals surface area (Å²) >= 11 is 0. The summed E-state index contributed by atoms with van der Waals surface area (Å²) < 4.78 is 0. The van der Waals surface area contributed by atoms with E-state index in [0.29, 0.717) is 6.54 Å². The van der Waals surface area contributed by atoms with Gasteiger partial charge >= 0.3 is 0 Å². The molecule has 0 aliphatic rings. The Balaban J connectivity index is 1.76. The third-order valence-electron chi connectivity index (χ3n) is 3.70. The molecular formula is C20H26N2. The molecule has 2 aromatic carbocycles. The Bertz CT molecular complexity index is 534. The van der Waals surface area contributed by atoms with Crippen LogP contribution in [0.4, 0.5) is 0 Å². The molecule has 22 heavy (non-hydrogen) atoms. The standard InChI is InChI=1S/C20H26N2/c21-15-18-22(16-7-13-19-9-3-1-4-10-19)17-8-14-20-11-5-2-6-12-20/h1-7,9-13H,8,14-18,21H2. The predicted octanol–water partition coefficient (Wildman–Crippen LogP) is 3.59. The van der Waals surface area contributed by atoms with Crippen molar-refractivity contribution in [1.82, 2.24) is 4.90 Å². The number of rotatable bonds is 9. The van der Waals surface area contributed by atoms with Gasteiger partial charge in [0.25, 0.3) is 0 Å². The minimum atomic E-state index is 0.713. The zero-order valence-electron chi connectivity index (χ0n) is 13.2. The van der Waals surface area contributed by atoms with Crippen molar-refractivity contribution in [3.8, 4) is 0 Å². The van der Waals surface area contributed by atoms with Crippen LogP contribution in [0.5, 0.6) is 0 Å². The van der Waals surface area contributed by atoms with E-state index in [-0.39, 0.29) is 0 Å². The van der Waals surface area contributed by atoms with Crippen molar-refractivity contribution >= 4 is 6.08 Å². The van der Waals surface area contributed by atoms with Crippen LogP contribution in [0.1, 0.15) is 17.5 Å². The second-order valence-corrected chi connectivity index (χ2v) is 5.49. The summed E-state index contributed by atoms with van der Waals surface area (Å²) in [6.07, 6.45) is 6.71. The van der Waals surface area contributed by atoms with Gasteiger partial charge in [-0.3, -0.25) is 4.90 Å². The maximum Gasteiger partial charge on any atom is 0.0167 e. The third kappa shape index (κ3) is 6.25. The second kappa shape index (κ2) is 9.93. The summed E-state index contributed by atoms with van der Waals surface area (Å²) in [5.41, 5.74) is 8.39. The molecule has 0 saturated heterocycles. The Morgan fingerprint density at radius 3 is 2.23 bits per heavy atom. The molecule has 0 amide bonds. The molecule has 2 N–H and O–H groups in total. The Morgan fingerprint density at radius 2 is 1.55 bits per heavy atom. The van der Waals surface area contributed by atoms with Crippen LogP contribution >= 0.6 is 0 Å². The molecule has 0 bridgehead atoms. The highest BCUT2D eigenvalue weighted by molar-refractivity contribution is 5.48. The van der Waals surface area contributed by atoms with Crippen LogP contribution in [-0.4, -0.2) is 31.1 Å². The number of benzene rings is 2. The van der Waals surface area contributed by atoms with Crippen molar-refractivity contribution in [2.45, 2.75) is 12.8 Å². The normalized spacial score (nSPS) is 11.4. The van der Waals surface area contributed by atoms with E-state index in [1.54, 1.807) is 0 Å². The lowest BCUT2D eigenvalue weighted by atomic mass is 10.1. The van der Waals surface area contributed by atoms with Crippen LogP contribution in [0.15, 0.2) is 66.7 Å². The first-order chi connectivity index (χ1) is 10.9. The number of hydrogen-bond acceptors (Lipinski definition) is 2. The van der Waals surface area contributed by atoms with E-state index in [1.165, 1.54) is 17.5 Å². The first kappa shape index (κ1) is 16.5. The molecule has 116 valence electrons. The molecule has 0 unspecified atom stereocenters. The highest BCUT2D eigenvalue weighted by Crippen LogP contribution is 2.05. The molecule has 0 spiro atoms. The average Bonchev–Trinajstić information content (AvgIpc) is 2.57. The summed E-state index contributed by atoms with van der Waals surface area (Å²) in [6, 6.07) is 21.1. The average molecular weight is 294 g/mol. The van der Waals surface area contributed by atoms with E-state index in [9.17, 15) is 0 Å². The molecule has 0 aromatic heterocycles. The Kier molecular flexibility index (Phi) is 7.44. The van der Waals surface area contributed by atoms with E-state index < -0.39 is 0 Å². The van der Waals surface area contributed by atoms with Crippen molar-refractivity contribution < 1.29 is 0 Å². The van der Waals surface area contributed by atoms with Gasteiger partial charge in [0.15, 0.2) is 0 Å². The zero-order valence-corrected chi connectivity index (χ0v) is 13.2. The molecule has 2 aromatic rings. The molecule has 0 fully saturated rings. The topological polar surface area (TPSA) is 29.3 Å². The molecule has 0 heterocycles. The van der Waals surface area contributed by atoms with Gasteiger partial charge in [-0.15, -0.1) is 0 Å². The monoisotopic (exact) mass is 294 g/mol. The van der Waals surface area contributed by atoms with Crippen LogP contribution in [0.2, 0.25) is 0 Å². The lowest BCUT2D eigenvalue weighted by Crippen LogP contribution is -2.30. The maximum absolute atomic E-state index is 5.73. The lowest BCUT2D eigenvalue weighted by Gasteiger charge is -2.19. The fourth-order valence-corrected chi connectivity index (χ4v) is 2.53. The Hall–Kier alpha value is -1.90. The number of aryl methyl sites for hydroxylation is 1. The van der Waals surface area contributed by atoms with Crippen molar-refractivity contribution in [2.24, 2.45) is 5.73 Å². The summed E-state index contributed by atoms with van der Waals surface area (Å²) in [5.74, 6) is 0. The Morgan fingerprint density at radius 1 is 0.864 bits per heavy atom. The van der Waals surface area contributed by atoms with Crippen molar-refractivity contribution in [3.05, 3.63) is 77.9 Å². The quantitative estimate of drug-likeness (QED) is 0.766. The highest BCUT2D eigenvalue weighted by atomic mass is 15.1. The third-order valence-corrected chi connectivity index (χ3v) is 3.70. The molecular weight excluding hydrogens is 268 g/mol. The fourth-order valence-electron chi connectivity index (χ4n) is 2.53. The van der Waals surface area contributed by atoms with Gasteiger partial charge in [0.2, 0.25) is 0 Å². The van der Waals surface area contributed by atoms with Gasteiger partial charge in [-0.1, -0.05) is 72.8 Å². The minimum absolute atomic E-state index is 0.713. The lowest BCUT2D eigenvalue weighted by molar-refractivity contribution is 0.307. The summed E-state index contributed by atoms with van der Waals surface area (Å²) in [6.45, 7) is 3.71. The van der Waals surface area contributed by atoms with E-state index >= 15 is 0 Å². The fraction of sp³-hybridized carbons (Fsp3) is 0.300. The van der Waals surface area contributed by atoms with Gasteiger partial charge < -0.3 is 5.73 Å². The first-order valence-corrected chi connectivity index (χ1v) is 8.06. The van der Waals surface area contributed by atoms with Crippen LogP contribution in [0.3, 0.4) is 0 Å². The van der Waals surface area contributed by atoms with Crippen LogP contribution < -0.4 is 5.73 Å². The smallest absolute Gasteiger partial charge is 0.0167 e. The van der Waals surface area contributed by atoms with E-state index in [1.807, 2.05) is 6.07 Å². The molecule has 0 aliphatic carbocycles. The van der Waals surface area contributed by atoms with Gasteiger partial charge in [-0.05, 0) is 30.5 Å². The summed E-state index contributed by atoms with van der Waals surface area (Å²) in [4.78, 5) is 2.42. The second-order valence-electron chi connectivity index (χ2n) is 5.49. The van der Waals surface area contributed by atoms with Gasteiger partial charge in [-0.2, -0.15) is 0 Å². The number of nitrogens with two attached hydrogens (primary N) is 1. The van der Waals surface area contributed by atoms with Crippen LogP contribution in [0, 0.1) is 0 Å². The van der Waals surface area contributed by atoms with E-state index in [2.05, 4.69) is 71.6 Å². The molecule has 2 heteroatoms. The summed E-state index contributed by atoms with van der Waals surface area (Å²) in [5, 5.41) is 0. The van der Waals surface area contributed by atoms with Crippen LogP contribution in [0.25, 0.3) is 6.08 Å². The number of nitrogens with zero attached hydrogens (tertiary/aromatic N) is 1. The van der Waals surface area contributed by atoms with Crippen molar-refractivity contribution in [1.29, 1.82) is 0 Å².